The molecular weight excluding hydrogens is 208 g/mol. The fourth-order valence-electron chi connectivity index (χ4n) is 2.78. The third kappa shape index (κ3) is 1.37. The van der Waals surface area contributed by atoms with Crippen molar-refractivity contribution in [2.45, 2.75) is 31.1 Å². The van der Waals surface area contributed by atoms with Gasteiger partial charge in [-0.15, -0.1) is 11.3 Å². The summed E-state index contributed by atoms with van der Waals surface area (Å²) in [5.74, 6) is 0.336. The average molecular weight is 222 g/mol. The molecule has 15 heavy (non-hydrogen) atoms. The Morgan fingerprint density at radius 2 is 2.07 bits per heavy atom. The predicted octanol–water partition coefficient (Wildman–Crippen LogP) is 2.77. The van der Waals surface area contributed by atoms with Gasteiger partial charge in [0.15, 0.2) is 5.78 Å². The van der Waals surface area contributed by atoms with Crippen molar-refractivity contribution in [3.05, 3.63) is 21.9 Å². The predicted molar refractivity (Wildman–Crippen MR) is 59.6 cm³/mol. The van der Waals surface area contributed by atoms with E-state index in [1.807, 2.05) is 6.07 Å². The van der Waals surface area contributed by atoms with Crippen molar-refractivity contribution < 1.29 is 9.53 Å². The molecule has 2 aliphatic rings. The van der Waals surface area contributed by atoms with Crippen LogP contribution in [0.2, 0.25) is 0 Å². The summed E-state index contributed by atoms with van der Waals surface area (Å²) < 4.78 is 5.44. The van der Waals surface area contributed by atoms with Gasteiger partial charge in [0.05, 0.1) is 0 Å². The highest BCUT2D eigenvalue weighted by atomic mass is 32.1. The molecule has 0 bridgehead atoms. The molecule has 0 atom stereocenters. The van der Waals surface area contributed by atoms with Crippen LogP contribution in [0, 0.1) is 0 Å². The van der Waals surface area contributed by atoms with Crippen LogP contribution in [0.4, 0.5) is 0 Å². The molecule has 1 aliphatic carbocycles. The van der Waals surface area contributed by atoms with Gasteiger partial charge in [-0.25, -0.2) is 0 Å². The molecular formula is C12H14O2S. The second-order valence-electron chi connectivity index (χ2n) is 4.48. The molecule has 0 unspecified atom stereocenters. The van der Waals surface area contributed by atoms with Crippen molar-refractivity contribution >= 4 is 17.1 Å². The van der Waals surface area contributed by atoms with E-state index in [9.17, 15) is 4.79 Å². The first-order chi connectivity index (χ1) is 7.32. The summed E-state index contributed by atoms with van der Waals surface area (Å²) in [6.07, 6.45) is 3.94. The van der Waals surface area contributed by atoms with Crippen LogP contribution in [-0.4, -0.2) is 19.0 Å². The fourth-order valence-corrected chi connectivity index (χ4v) is 3.98. The van der Waals surface area contributed by atoms with Crippen molar-refractivity contribution in [1.82, 2.24) is 0 Å². The molecule has 1 aromatic heterocycles. The van der Waals surface area contributed by atoms with E-state index < -0.39 is 0 Å². The quantitative estimate of drug-likeness (QED) is 0.674. The van der Waals surface area contributed by atoms with Gasteiger partial charge < -0.3 is 4.74 Å². The fraction of sp³-hybridized carbons (Fsp3) is 0.583. The van der Waals surface area contributed by atoms with Gasteiger partial charge in [0.1, 0.15) is 0 Å². The SMILES string of the molecule is O=C1CCC2(CCOCC2)c2sccc21. The average Bonchev–Trinajstić information content (AvgIpc) is 2.76. The van der Waals surface area contributed by atoms with Gasteiger partial charge in [-0.3, -0.25) is 4.79 Å². The van der Waals surface area contributed by atoms with Crippen LogP contribution >= 0.6 is 11.3 Å². The minimum atomic E-state index is 0.273. The van der Waals surface area contributed by atoms with Crippen LogP contribution in [-0.2, 0) is 10.2 Å². The van der Waals surface area contributed by atoms with E-state index in [1.54, 1.807) is 11.3 Å². The van der Waals surface area contributed by atoms with Crippen molar-refractivity contribution in [2.24, 2.45) is 0 Å². The maximum absolute atomic E-state index is 11.7. The number of thiophene rings is 1. The van der Waals surface area contributed by atoms with Crippen LogP contribution in [0.5, 0.6) is 0 Å². The maximum Gasteiger partial charge on any atom is 0.164 e. The molecule has 1 aromatic rings. The molecule has 0 N–H and O–H groups in total. The van der Waals surface area contributed by atoms with Gasteiger partial charge in [0.2, 0.25) is 0 Å². The summed E-state index contributed by atoms with van der Waals surface area (Å²) in [7, 11) is 0. The third-order valence-corrected chi connectivity index (χ3v) is 4.89. The third-order valence-electron chi connectivity index (χ3n) is 3.73. The minimum absolute atomic E-state index is 0.273. The van der Waals surface area contributed by atoms with E-state index in [0.29, 0.717) is 5.78 Å². The molecule has 1 saturated heterocycles. The smallest absolute Gasteiger partial charge is 0.164 e. The lowest BCUT2D eigenvalue weighted by Gasteiger charge is -2.39. The molecule has 0 radical (unpaired) electrons. The Morgan fingerprint density at radius 1 is 1.27 bits per heavy atom. The maximum atomic E-state index is 11.7. The molecule has 0 saturated carbocycles. The molecule has 80 valence electrons. The summed E-state index contributed by atoms with van der Waals surface area (Å²) in [5.41, 5.74) is 1.27. The Morgan fingerprint density at radius 3 is 2.87 bits per heavy atom. The van der Waals surface area contributed by atoms with E-state index in [-0.39, 0.29) is 5.41 Å². The zero-order valence-electron chi connectivity index (χ0n) is 8.62. The van der Waals surface area contributed by atoms with Gasteiger partial charge in [0, 0.05) is 35.5 Å². The number of rotatable bonds is 0. The number of fused-ring (bicyclic) bond motifs is 2. The number of carbonyl (C=O) groups is 1. The molecule has 0 aromatic carbocycles. The van der Waals surface area contributed by atoms with Crippen molar-refractivity contribution in [3.63, 3.8) is 0 Å². The van der Waals surface area contributed by atoms with Gasteiger partial charge in [-0.2, -0.15) is 0 Å². The second kappa shape index (κ2) is 3.42. The monoisotopic (exact) mass is 222 g/mol. The molecule has 1 fully saturated rings. The van der Waals surface area contributed by atoms with E-state index in [1.165, 1.54) is 4.88 Å². The molecule has 1 spiro atoms. The van der Waals surface area contributed by atoms with E-state index in [0.717, 1.165) is 44.5 Å². The Balaban J connectivity index is 2.06. The summed E-state index contributed by atoms with van der Waals surface area (Å²) >= 11 is 1.76. The summed E-state index contributed by atoms with van der Waals surface area (Å²) in [4.78, 5) is 13.1. The van der Waals surface area contributed by atoms with Gasteiger partial charge in [-0.1, -0.05) is 0 Å². The highest BCUT2D eigenvalue weighted by Crippen LogP contribution is 2.46. The highest BCUT2D eigenvalue weighted by Gasteiger charge is 2.41. The first-order valence-electron chi connectivity index (χ1n) is 5.51. The standard InChI is InChI=1S/C12H14O2S/c13-10-1-3-12(4-6-14-7-5-12)11-9(10)2-8-15-11/h2,8H,1,3-7H2. The van der Waals surface area contributed by atoms with Crippen LogP contribution in [0.1, 0.15) is 40.9 Å². The van der Waals surface area contributed by atoms with Gasteiger partial charge in [-0.05, 0) is 30.7 Å². The Hall–Kier alpha value is -0.670. The highest BCUT2D eigenvalue weighted by molar-refractivity contribution is 7.10. The Labute approximate surface area is 93.3 Å². The van der Waals surface area contributed by atoms with Crippen LogP contribution < -0.4 is 0 Å². The lowest BCUT2D eigenvalue weighted by molar-refractivity contribution is 0.0438. The summed E-state index contributed by atoms with van der Waals surface area (Å²) in [6, 6.07) is 2.00. The van der Waals surface area contributed by atoms with Gasteiger partial charge in [0.25, 0.3) is 0 Å². The van der Waals surface area contributed by atoms with Crippen LogP contribution in [0.25, 0.3) is 0 Å². The van der Waals surface area contributed by atoms with Gasteiger partial charge >= 0.3 is 0 Å². The molecule has 1 aliphatic heterocycles. The summed E-state index contributed by atoms with van der Waals surface area (Å²) in [6.45, 7) is 1.71. The van der Waals surface area contributed by atoms with E-state index in [4.69, 9.17) is 4.74 Å². The lowest BCUT2D eigenvalue weighted by atomic mass is 9.70. The number of carbonyl (C=O) groups excluding carboxylic acids is 1. The van der Waals surface area contributed by atoms with Crippen LogP contribution in [0.3, 0.4) is 0 Å². The van der Waals surface area contributed by atoms with E-state index in [2.05, 4.69) is 5.38 Å². The van der Waals surface area contributed by atoms with Crippen molar-refractivity contribution in [3.8, 4) is 0 Å². The summed E-state index contributed by atoms with van der Waals surface area (Å²) in [5, 5.41) is 2.06. The molecule has 2 nitrogen and oxygen atoms in total. The minimum Gasteiger partial charge on any atom is -0.381 e. The second-order valence-corrected chi connectivity index (χ2v) is 5.40. The zero-order chi connectivity index (χ0) is 10.3. The first-order valence-corrected chi connectivity index (χ1v) is 6.39. The van der Waals surface area contributed by atoms with Crippen LogP contribution in [0.15, 0.2) is 11.4 Å². The number of ether oxygens (including phenoxy) is 1. The van der Waals surface area contributed by atoms with Crippen molar-refractivity contribution in [2.75, 3.05) is 13.2 Å². The number of hydrogen-bond donors (Lipinski definition) is 0. The largest absolute Gasteiger partial charge is 0.381 e. The number of Topliss-reactive ketones (excluding diaryl/α,β-unsaturated/α-hetero) is 1. The zero-order valence-corrected chi connectivity index (χ0v) is 9.44. The molecule has 2 heterocycles. The van der Waals surface area contributed by atoms with Crippen molar-refractivity contribution in [1.29, 1.82) is 0 Å². The number of ketones is 1. The molecule has 3 heteroatoms. The normalized spacial score (nSPS) is 24.1. The first kappa shape index (κ1) is 9.55. The molecule has 3 rings (SSSR count). The number of hydrogen-bond acceptors (Lipinski definition) is 3. The Kier molecular flexibility index (Phi) is 2.18. The topological polar surface area (TPSA) is 26.3 Å². The lowest BCUT2D eigenvalue weighted by Crippen LogP contribution is -2.37. The van der Waals surface area contributed by atoms with E-state index >= 15 is 0 Å². The Bertz CT molecular complexity index is 388. The molecule has 0 amide bonds.